The molecule has 0 saturated heterocycles. The van der Waals surface area contributed by atoms with Gasteiger partial charge in [-0.2, -0.15) is 0 Å². The van der Waals surface area contributed by atoms with Crippen molar-refractivity contribution in [3.05, 3.63) is 0 Å². The molecule has 0 aliphatic carbocycles. The minimum Gasteiger partial charge on any atom is -0.481 e. The van der Waals surface area contributed by atoms with Crippen LogP contribution in [0.1, 0.15) is 12.8 Å². The van der Waals surface area contributed by atoms with Gasteiger partial charge < -0.3 is 10.0 Å². The average Bonchev–Trinajstić information content (AvgIpc) is 2.50. The first-order valence-corrected chi connectivity index (χ1v) is 4.26. The van der Waals surface area contributed by atoms with Crippen LogP contribution in [0.2, 0.25) is 0 Å². The first kappa shape index (κ1) is 10.4. The molecule has 0 aliphatic rings. The number of tetrazole rings is 1. The van der Waals surface area contributed by atoms with Gasteiger partial charge in [-0.25, -0.2) is 4.68 Å². The molecule has 0 aromatic carbocycles. The van der Waals surface area contributed by atoms with Crippen LogP contribution in [0.3, 0.4) is 0 Å². The van der Waals surface area contributed by atoms with Crippen LogP contribution in [-0.4, -0.2) is 44.9 Å². The van der Waals surface area contributed by atoms with E-state index >= 15 is 0 Å². The largest absolute Gasteiger partial charge is 0.481 e. The number of carboxylic acids is 1. The first-order chi connectivity index (χ1) is 6.61. The molecular weight excluding hydrogens is 186 g/mol. The van der Waals surface area contributed by atoms with E-state index in [1.807, 2.05) is 11.9 Å². The Bertz CT molecular complexity index is 311. The Morgan fingerprint density at radius 3 is 2.86 bits per heavy atom. The number of carbonyl (C=O) groups is 1. The number of rotatable bonds is 5. The van der Waals surface area contributed by atoms with Crippen molar-refractivity contribution in [2.45, 2.75) is 12.8 Å². The normalized spacial score (nSPS) is 10.1. The second-order valence-electron chi connectivity index (χ2n) is 3.02. The third-order valence-corrected chi connectivity index (χ3v) is 1.82. The molecule has 1 rings (SSSR count). The lowest BCUT2D eigenvalue weighted by Gasteiger charge is -2.15. The highest BCUT2D eigenvalue weighted by Gasteiger charge is 2.08. The topological polar surface area (TPSA) is 84.1 Å². The molecule has 1 aromatic heterocycles. The maximum atomic E-state index is 10.3. The summed E-state index contributed by atoms with van der Waals surface area (Å²) >= 11 is 0. The number of aromatic nitrogens is 4. The quantitative estimate of drug-likeness (QED) is 0.689. The minimum absolute atomic E-state index is 0.162. The lowest BCUT2D eigenvalue weighted by atomic mass is 10.3. The number of carboxylic acid groups (broad SMARTS) is 1. The SMILES string of the molecule is CN(CCCC(=O)O)c1nnnn1C. The van der Waals surface area contributed by atoms with E-state index in [-0.39, 0.29) is 6.42 Å². The van der Waals surface area contributed by atoms with Gasteiger partial charge in [-0.1, -0.05) is 5.10 Å². The van der Waals surface area contributed by atoms with Crippen molar-refractivity contribution < 1.29 is 9.90 Å². The Labute approximate surface area is 81.3 Å². The van der Waals surface area contributed by atoms with Gasteiger partial charge in [-0.3, -0.25) is 4.79 Å². The summed E-state index contributed by atoms with van der Waals surface area (Å²) in [6.45, 7) is 0.626. The van der Waals surface area contributed by atoms with Gasteiger partial charge in [0.1, 0.15) is 0 Å². The predicted octanol–water partition coefficient (Wildman–Crippen LogP) is -0.489. The molecule has 0 bridgehead atoms. The fourth-order valence-electron chi connectivity index (χ4n) is 1.12. The fourth-order valence-corrected chi connectivity index (χ4v) is 1.12. The van der Waals surface area contributed by atoms with Gasteiger partial charge in [-0.05, 0) is 16.8 Å². The summed E-state index contributed by atoms with van der Waals surface area (Å²) in [5, 5.41) is 19.4. The Kier molecular flexibility index (Phi) is 3.38. The molecule has 14 heavy (non-hydrogen) atoms. The fraction of sp³-hybridized carbons (Fsp3) is 0.714. The maximum absolute atomic E-state index is 10.3. The Morgan fingerprint density at radius 1 is 1.64 bits per heavy atom. The zero-order valence-electron chi connectivity index (χ0n) is 8.21. The smallest absolute Gasteiger partial charge is 0.303 e. The lowest BCUT2D eigenvalue weighted by molar-refractivity contribution is -0.137. The average molecular weight is 199 g/mol. The van der Waals surface area contributed by atoms with Crippen LogP contribution in [0.4, 0.5) is 5.95 Å². The Balaban J connectivity index is 2.39. The summed E-state index contributed by atoms with van der Waals surface area (Å²) in [6, 6.07) is 0. The van der Waals surface area contributed by atoms with E-state index in [0.717, 1.165) is 0 Å². The molecule has 0 unspecified atom stereocenters. The number of anilines is 1. The van der Waals surface area contributed by atoms with E-state index in [1.165, 1.54) is 0 Å². The third-order valence-electron chi connectivity index (χ3n) is 1.82. The molecule has 0 radical (unpaired) electrons. The number of hydrogen-bond donors (Lipinski definition) is 1. The second kappa shape index (κ2) is 4.54. The number of aliphatic carboxylic acids is 1. The van der Waals surface area contributed by atoms with Crippen LogP contribution >= 0.6 is 0 Å². The van der Waals surface area contributed by atoms with Gasteiger partial charge >= 0.3 is 5.97 Å². The van der Waals surface area contributed by atoms with Gasteiger partial charge in [0.05, 0.1) is 0 Å². The van der Waals surface area contributed by atoms with Gasteiger partial charge in [0.2, 0.25) is 5.95 Å². The molecule has 1 heterocycles. The van der Waals surface area contributed by atoms with Gasteiger partial charge in [0.15, 0.2) is 0 Å². The third kappa shape index (κ3) is 2.68. The first-order valence-electron chi connectivity index (χ1n) is 4.26. The zero-order chi connectivity index (χ0) is 10.6. The highest BCUT2D eigenvalue weighted by molar-refractivity contribution is 5.66. The van der Waals surface area contributed by atoms with Crippen molar-refractivity contribution in [2.24, 2.45) is 7.05 Å². The summed E-state index contributed by atoms with van der Waals surface area (Å²) in [7, 11) is 3.57. The number of aryl methyl sites for hydroxylation is 1. The molecule has 0 saturated carbocycles. The zero-order valence-corrected chi connectivity index (χ0v) is 8.21. The van der Waals surface area contributed by atoms with Crippen LogP contribution in [-0.2, 0) is 11.8 Å². The number of hydrogen-bond acceptors (Lipinski definition) is 5. The molecule has 78 valence electrons. The molecule has 0 atom stereocenters. The summed E-state index contributed by atoms with van der Waals surface area (Å²) < 4.78 is 1.54. The monoisotopic (exact) mass is 199 g/mol. The minimum atomic E-state index is -0.783. The second-order valence-corrected chi connectivity index (χ2v) is 3.02. The van der Waals surface area contributed by atoms with Crippen molar-refractivity contribution in [3.63, 3.8) is 0 Å². The molecular formula is C7H13N5O2. The van der Waals surface area contributed by atoms with E-state index in [0.29, 0.717) is 18.9 Å². The highest BCUT2D eigenvalue weighted by Crippen LogP contribution is 2.04. The van der Waals surface area contributed by atoms with Crippen molar-refractivity contribution >= 4 is 11.9 Å². The predicted molar refractivity (Wildman–Crippen MR) is 48.9 cm³/mol. The summed E-state index contributed by atoms with van der Waals surface area (Å²) in [5.41, 5.74) is 0. The van der Waals surface area contributed by atoms with Crippen molar-refractivity contribution in [1.82, 2.24) is 20.2 Å². The van der Waals surface area contributed by atoms with Crippen LogP contribution < -0.4 is 4.90 Å². The summed E-state index contributed by atoms with van der Waals surface area (Å²) in [4.78, 5) is 12.1. The summed E-state index contributed by atoms with van der Waals surface area (Å²) in [5.74, 6) is -0.148. The molecule has 1 N–H and O–H groups in total. The van der Waals surface area contributed by atoms with E-state index in [9.17, 15) is 4.79 Å². The maximum Gasteiger partial charge on any atom is 0.303 e. The van der Waals surface area contributed by atoms with Gasteiger partial charge in [0.25, 0.3) is 0 Å². The Hall–Kier alpha value is -1.66. The molecule has 0 amide bonds. The molecule has 7 nitrogen and oxygen atoms in total. The van der Waals surface area contributed by atoms with E-state index in [2.05, 4.69) is 15.5 Å². The molecule has 7 heteroatoms. The van der Waals surface area contributed by atoms with Crippen LogP contribution in [0.15, 0.2) is 0 Å². The van der Waals surface area contributed by atoms with Gasteiger partial charge in [-0.15, -0.1) is 0 Å². The molecule has 0 fully saturated rings. The summed E-state index contributed by atoms with van der Waals surface area (Å²) in [6.07, 6.45) is 0.744. The van der Waals surface area contributed by atoms with Crippen molar-refractivity contribution in [3.8, 4) is 0 Å². The molecule has 0 aliphatic heterocycles. The van der Waals surface area contributed by atoms with E-state index in [1.54, 1.807) is 11.7 Å². The van der Waals surface area contributed by atoms with Crippen molar-refractivity contribution in [2.75, 3.05) is 18.5 Å². The van der Waals surface area contributed by atoms with Crippen LogP contribution in [0, 0.1) is 0 Å². The van der Waals surface area contributed by atoms with E-state index in [4.69, 9.17) is 5.11 Å². The van der Waals surface area contributed by atoms with E-state index < -0.39 is 5.97 Å². The lowest BCUT2D eigenvalue weighted by Crippen LogP contribution is -2.22. The van der Waals surface area contributed by atoms with Crippen LogP contribution in [0.5, 0.6) is 0 Å². The van der Waals surface area contributed by atoms with Crippen molar-refractivity contribution in [1.29, 1.82) is 0 Å². The number of nitrogens with zero attached hydrogens (tertiary/aromatic N) is 5. The highest BCUT2D eigenvalue weighted by atomic mass is 16.4. The standard InChI is InChI=1S/C7H13N5O2/c1-11(5-3-4-6(13)14)7-8-9-10-12(7)2/h3-5H2,1-2H3,(H,13,14). The van der Waals surface area contributed by atoms with Crippen LogP contribution in [0.25, 0.3) is 0 Å². The van der Waals surface area contributed by atoms with Gasteiger partial charge in [0, 0.05) is 27.1 Å². The molecule has 1 aromatic rings. The Morgan fingerprint density at radius 2 is 2.36 bits per heavy atom. The molecule has 0 spiro atoms.